The molecule has 0 unspecified atom stereocenters. The van der Waals surface area contributed by atoms with Crippen LogP contribution in [0.25, 0.3) is 0 Å². The molecule has 33 heavy (non-hydrogen) atoms. The highest BCUT2D eigenvalue weighted by atomic mass is 32.2. The summed E-state index contributed by atoms with van der Waals surface area (Å²) in [6, 6.07) is 15.5. The van der Waals surface area contributed by atoms with Gasteiger partial charge in [-0.15, -0.1) is 0 Å². The van der Waals surface area contributed by atoms with Gasteiger partial charge in [0.15, 0.2) is 0 Å². The van der Waals surface area contributed by atoms with Gasteiger partial charge in [-0.2, -0.15) is 4.31 Å². The third-order valence-electron chi connectivity index (χ3n) is 4.72. The number of hydrogen-bond acceptors (Lipinski definition) is 6. The molecule has 0 saturated heterocycles. The molecule has 0 fully saturated rings. The number of carbonyl (C=O) groups excluding carboxylic acids is 2. The lowest BCUT2D eigenvalue weighted by molar-refractivity contribution is 0.0846. The van der Waals surface area contributed by atoms with Gasteiger partial charge < -0.3 is 4.74 Å². The molecule has 0 spiro atoms. The molecule has 172 valence electrons. The van der Waals surface area contributed by atoms with Crippen molar-refractivity contribution in [3.05, 3.63) is 84.2 Å². The summed E-state index contributed by atoms with van der Waals surface area (Å²) in [5.74, 6) is -0.0957. The second-order valence-electron chi connectivity index (χ2n) is 6.84. The zero-order chi connectivity index (χ0) is 23.8. The number of aromatic nitrogens is 1. The molecule has 0 saturated carbocycles. The minimum Gasteiger partial charge on any atom is -0.456 e. The zero-order valence-corrected chi connectivity index (χ0v) is 19.0. The summed E-state index contributed by atoms with van der Waals surface area (Å²) in [7, 11) is -3.71. The van der Waals surface area contributed by atoms with Gasteiger partial charge in [0.2, 0.25) is 10.0 Å². The van der Waals surface area contributed by atoms with E-state index in [2.05, 4.69) is 15.8 Å². The molecule has 3 aromatic rings. The molecule has 10 heteroatoms. The van der Waals surface area contributed by atoms with Gasteiger partial charge in [0, 0.05) is 30.4 Å². The second-order valence-corrected chi connectivity index (χ2v) is 8.78. The van der Waals surface area contributed by atoms with Crippen molar-refractivity contribution in [1.29, 1.82) is 0 Å². The molecule has 0 radical (unpaired) electrons. The first kappa shape index (κ1) is 23.9. The summed E-state index contributed by atoms with van der Waals surface area (Å²) in [6.45, 7) is 4.12. The number of carbonyl (C=O) groups is 2. The van der Waals surface area contributed by atoms with Gasteiger partial charge >= 0.3 is 0 Å². The van der Waals surface area contributed by atoms with Crippen molar-refractivity contribution < 1.29 is 22.7 Å². The molecular formula is C23H24N4O5S. The monoisotopic (exact) mass is 468 g/mol. The molecule has 0 aliphatic carbocycles. The van der Waals surface area contributed by atoms with E-state index < -0.39 is 21.8 Å². The average Bonchev–Trinajstić information content (AvgIpc) is 2.84. The predicted molar refractivity (Wildman–Crippen MR) is 122 cm³/mol. The fourth-order valence-corrected chi connectivity index (χ4v) is 4.49. The van der Waals surface area contributed by atoms with Crippen molar-refractivity contribution in [3.63, 3.8) is 0 Å². The smallest absolute Gasteiger partial charge is 0.269 e. The maximum absolute atomic E-state index is 12.7. The summed E-state index contributed by atoms with van der Waals surface area (Å²) in [4.78, 5) is 28.8. The largest absolute Gasteiger partial charge is 0.456 e. The Labute approximate surface area is 192 Å². The summed E-state index contributed by atoms with van der Waals surface area (Å²) in [6.07, 6.45) is 3.20. The second kappa shape index (κ2) is 10.7. The van der Waals surface area contributed by atoms with E-state index in [-0.39, 0.29) is 10.5 Å². The SMILES string of the molecule is CCN(CC)S(=O)(=O)c1cccc(C(=O)NNC(=O)c2ccc(Oc3cccnc3)cc2)c1. The van der Waals surface area contributed by atoms with E-state index in [9.17, 15) is 18.0 Å². The van der Waals surface area contributed by atoms with Crippen LogP contribution in [0.15, 0.2) is 78.0 Å². The number of nitrogens with zero attached hydrogens (tertiary/aromatic N) is 2. The molecule has 3 rings (SSSR count). The van der Waals surface area contributed by atoms with Gasteiger partial charge in [-0.05, 0) is 54.6 Å². The lowest BCUT2D eigenvalue weighted by Crippen LogP contribution is -2.41. The first-order chi connectivity index (χ1) is 15.8. The molecule has 1 heterocycles. The van der Waals surface area contributed by atoms with E-state index in [1.54, 1.807) is 62.6 Å². The molecule has 2 amide bonds. The molecule has 9 nitrogen and oxygen atoms in total. The number of sulfonamides is 1. The fraction of sp³-hybridized carbons (Fsp3) is 0.174. The van der Waals surface area contributed by atoms with Gasteiger partial charge in [0.25, 0.3) is 11.8 Å². The van der Waals surface area contributed by atoms with Crippen LogP contribution in [-0.4, -0.2) is 42.6 Å². The zero-order valence-electron chi connectivity index (χ0n) is 18.2. The van der Waals surface area contributed by atoms with Crippen molar-refractivity contribution in [3.8, 4) is 11.5 Å². The van der Waals surface area contributed by atoms with Gasteiger partial charge in [-0.25, -0.2) is 8.42 Å². The average molecular weight is 469 g/mol. The van der Waals surface area contributed by atoms with Crippen molar-refractivity contribution in [2.45, 2.75) is 18.7 Å². The van der Waals surface area contributed by atoms with Crippen molar-refractivity contribution in [2.24, 2.45) is 0 Å². The minimum atomic E-state index is -3.71. The molecule has 2 N–H and O–H groups in total. The highest BCUT2D eigenvalue weighted by molar-refractivity contribution is 7.89. The van der Waals surface area contributed by atoms with Crippen LogP contribution in [0.1, 0.15) is 34.6 Å². The molecule has 0 aliphatic heterocycles. The third kappa shape index (κ3) is 5.93. The minimum absolute atomic E-state index is 0.00869. The summed E-state index contributed by atoms with van der Waals surface area (Å²) in [5, 5.41) is 0. The Morgan fingerprint density at radius 1 is 0.879 bits per heavy atom. The van der Waals surface area contributed by atoms with Crippen molar-refractivity contribution in [2.75, 3.05) is 13.1 Å². The standard InChI is InChI=1S/C23H24N4O5S/c1-3-27(4-2)33(30,31)21-9-5-7-18(15-21)23(29)26-25-22(28)17-10-12-19(13-11-17)32-20-8-6-14-24-16-20/h5-16H,3-4H2,1-2H3,(H,25,28)(H,26,29). The van der Waals surface area contributed by atoms with Crippen LogP contribution in [0.2, 0.25) is 0 Å². The Balaban J connectivity index is 1.62. The van der Waals surface area contributed by atoms with Crippen molar-refractivity contribution in [1.82, 2.24) is 20.1 Å². The van der Waals surface area contributed by atoms with Gasteiger partial charge in [-0.1, -0.05) is 19.9 Å². The van der Waals surface area contributed by atoms with E-state index in [0.29, 0.717) is 30.2 Å². The van der Waals surface area contributed by atoms with E-state index in [4.69, 9.17) is 4.74 Å². The van der Waals surface area contributed by atoms with Crippen LogP contribution in [0, 0.1) is 0 Å². The normalized spacial score (nSPS) is 11.1. The van der Waals surface area contributed by atoms with Crippen LogP contribution in [0.3, 0.4) is 0 Å². The highest BCUT2D eigenvalue weighted by Gasteiger charge is 2.22. The third-order valence-corrected chi connectivity index (χ3v) is 6.76. The number of pyridine rings is 1. The number of nitrogens with one attached hydrogen (secondary N) is 2. The highest BCUT2D eigenvalue weighted by Crippen LogP contribution is 2.20. The van der Waals surface area contributed by atoms with Crippen molar-refractivity contribution >= 4 is 21.8 Å². The Kier molecular flexibility index (Phi) is 7.75. The number of hydrazine groups is 1. The van der Waals surface area contributed by atoms with Gasteiger partial charge in [0.1, 0.15) is 11.5 Å². The van der Waals surface area contributed by atoms with E-state index in [1.807, 2.05) is 0 Å². The number of benzene rings is 2. The van der Waals surface area contributed by atoms with E-state index in [1.165, 1.54) is 28.6 Å². The maximum atomic E-state index is 12.7. The molecule has 2 aromatic carbocycles. The number of amides is 2. The van der Waals surface area contributed by atoms with E-state index >= 15 is 0 Å². The quantitative estimate of drug-likeness (QED) is 0.491. The first-order valence-electron chi connectivity index (χ1n) is 10.2. The van der Waals surface area contributed by atoms with Crippen LogP contribution < -0.4 is 15.6 Å². The Morgan fingerprint density at radius 2 is 1.55 bits per heavy atom. The Bertz CT molecular complexity index is 1210. The summed E-state index contributed by atoms with van der Waals surface area (Å²) in [5.41, 5.74) is 5.02. The summed E-state index contributed by atoms with van der Waals surface area (Å²) < 4.78 is 32.3. The number of ether oxygens (including phenoxy) is 1. The molecular weight excluding hydrogens is 444 g/mol. The maximum Gasteiger partial charge on any atom is 0.269 e. The van der Waals surface area contributed by atoms with Gasteiger partial charge in [-0.3, -0.25) is 25.4 Å². The topological polar surface area (TPSA) is 118 Å². The first-order valence-corrected chi connectivity index (χ1v) is 11.7. The van der Waals surface area contributed by atoms with E-state index in [0.717, 1.165) is 0 Å². The van der Waals surface area contributed by atoms with Crippen LogP contribution in [-0.2, 0) is 10.0 Å². The predicted octanol–water partition coefficient (Wildman–Crippen LogP) is 2.98. The molecule has 0 bridgehead atoms. The lowest BCUT2D eigenvalue weighted by atomic mass is 10.2. The fourth-order valence-electron chi connectivity index (χ4n) is 2.99. The van der Waals surface area contributed by atoms with Gasteiger partial charge in [0.05, 0.1) is 11.1 Å². The Morgan fingerprint density at radius 3 is 2.15 bits per heavy atom. The Hall–Kier alpha value is -3.76. The molecule has 0 aliphatic rings. The number of rotatable bonds is 8. The molecule has 1 aromatic heterocycles. The molecule has 0 atom stereocenters. The number of hydrogen-bond donors (Lipinski definition) is 2. The summed E-state index contributed by atoms with van der Waals surface area (Å²) >= 11 is 0. The van der Waals surface area contributed by atoms with Crippen LogP contribution in [0.5, 0.6) is 11.5 Å². The lowest BCUT2D eigenvalue weighted by Gasteiger charge is -2.18. The van der Waals surface area contributed by atoms with Crippen LogP contribution >= 0.6 is 0 Å². The van der Waals surface area contributed by atoms with Crippen LogP contribution in [0.4, 0.5) is 0 Å².